The van der Waals surface area contributed by atoms with Gasteiger partial charge in [-0.05, 0) is 31.9 Å². The predicted molar refractivity (Wildman–Crippen MR) is 135 cm³/mol. The molecule has 1 aromatic carbocycles. The van der Waals surface area contributed by atoms with Crippen LogP contribution in [0.15, 0.2) is 39.7 Å². The number of aliphatic imine (C=N–C) groups is 1. The average Bonchev–Trinajstić information content (AvgIpc) is 3.45. The number of fused-ring (bicyclic) bond motifs is 1. The zero-order chi connectivity index (χ0) is 20.9. The first-order valence-electron chi connectivity index (χ1n) is 11.1. The quantitative estimate of drug-likeness (QED) is 0.360. The number of likely N-dealkylation sites (tertiary alicyclic amines) is 1. The lowest BCUT2D eigenvalue weighted by atomic mass is 10.2. The third-order valence-electron chi connectivity index (χ3n) is 6.28. The van der Waals surface area contributed by atoms with Gasteiger partial charge in [-0.2, -0.15) is 0 Å². The summed E-state index contributed by atoms with van der Waals surface area (Å²) in [7, 11) is 1.83. The molecule has 2 aliphatic rings. The van der Waals surface area contributed by atoms with Gasteiger partial charge in [0.1, 0.15) is 11.3 Å². The molecule has 3 heterocycles. The zero-order valence-corrected chi connectivity index (χ0v) is 20.9. The van der Waals surface area contributed by atoms with Gasteiger partial charge in [0.25, 0.3) is 0 Å². The van der Waals surface area contributed by atoms with Crippen LogP contribution in [0.1, 0.15) is 25.5 Å². The van der Waals surface area contributed by atoms with Crippen molar-refractivity contribution in [3.63, 3.8) is 0 Å². The van der Waals surface area contributed by atoms with E-state index in [2.05, 4.69) is 39.2 Å². The molecule has 0 saturated carbocycles. The van der Waals surface area contributed by atoms with Gasteiger partial charge in [0.2, 0.25) is 5.91 Å². The number of rotatable bonds is 5. The first-order valence-corrected chi connectivity index (χ1v) is 11.1. The second-order valence-electron chi connectivity index (χ2n) is 8.21. The van der Waals surface area contributed by atoms with Gasteiger partial charge in [0.05, 0.1) is 6.04 Å². The number of furan rings is 1. The second kappa shape index (κ2) is 11.2. The summed E-state index contributed by atoms with van der Waals surface area (Å²) in [5, 5.41) is 4.61. The third kappa shape index (κ3) is 5.71. The SMILES string of the molecule is CN=C(NCCc1cc2ccccc2o1)N1CCN(C(C)C(=O)N2CCCC2)CC1.I. The Kier molecular flexibility index (Phi) is 8.59. The van der Waals surface area contributed by atoms with Gasteiger partial charge >= 0.3 is 0 Å². The molecule has 4 rings (SSSR count). The minimum atomic E-state index is -0.0340. The Morgan fingerprint density at radius 1 is 1.10 bits per heavy atom. The zero-order valence-electron chi connectivity index (χ0n) is 18.5. The standard InChI is InChI=1S/C23H33N5O2.HI/c1-18(22(29)27-11-5-6-12-27)26-13-15-28(16-14-26)23(24-2)25-10-9-20-17-19-7-3-4-8-21(19)30-20;/h3-4,7-8,17-18H,5-6,9-16H2,1-2H3,(H,24,25);1H. The number of benzene rings is 1. The van der Waals surface area contributed by atoms with Crippen molar-refractivity contribution in [2.24, 2.45) is 4.99 Å². The summed E-state index contributed by atoms with van der Waals surface area (Å²) in [5.41, 5.74) is 0.936. The molecular weight excluding hydrogens is 505 g/mol. The Hall–Kier alpha value is -1.81. The topological polar surface area (TPSA) is 64.3 Å². The normalized spacial score (nSPS) is 18.8. The molecule has 2 aliphatic heterocycles. The molecular formula is C23H34IN5O2. The van der Waals surface area contributed by atoms with Crippen LogP contribution in [0.3, 0.4) is 0 Å². The number of piperazine rings is 1. The maximum absolute atomic E-state index is 12.7. The van der Waals surface area contributed by atoms with Gasteiger partial charge in [-0.25, -0.2) is 0 Å². The van der Waals surface area contributed by atoms with E-state index in [0.29, 0.717) is 0 Å². The van der Waals surface area contributed by atoms with Crippen LogP contribution in [0.5, 0.6) is 0 Å². The van der Waals surface area contributed by atoms with Gasteiger partial charge in [-0.1, -0.05) is 18.2 Å². The van der Waals surface area contributed by atoms with Gasteiger partial charge in [0, 0.05) is 64.7 Å². The second-order valence-corrected chi connectivity index (χ2v) is 8.21. The Labute approximate surface area is 201 Å². The fraction of sp³-hybridized carbons (Fsp3) is 0.565. The van der Waals surface area contributed by atoms with Crippen LogP contribution in [-0.4, -0.2) is 85.5 Å². The summed E-state index contributed by atoms with van der Waals surface area (Å²) in [6, 6.07) is 10.2. The Balaban J connectivity index is 0.00000272. The van der Waals surface area contributed by atoms with E-state index in [1.165, 1.54) is 0 Å². The first kappa shape index (κ1) is 23.8. The number of guanidine groups is 1. The number of carbonyl (C=O) groups is 1. The lowest BCUT2D eigenvalue weighted by molar-refractivity contribution is -0.135. The number of hydrogen-bond donors (Lipinski definition) is 1. The van der Waals surface area contributed by atoms with Crippen molar-refractivity contribution in [1.29, 1.82) is 0 Å². The molecule has 0 bridgehead atoms. The average molecular weight is 539 g/mol. The van der Waals surface area contributed by atoms with Crippen molar-refractivity contribution in [2.45, 2.75) is 32.2 Å². The molecule has 8 heteroatoms. The van der Waals surface area contributed by atoms with Crippen molar-refractivity contribution >= 4 is 46.8 Å². The van der Waals surface area contributed by atoms with Crippen molar-refractivity contribution in [3.05, 3.63) is 36.1 Å². The van der Waals surface area contributed by atoms with Crippen LogP contribution in [0.4, 0.5) is 0 Å². The van der Waals surface area contributed by atoms with E-state index in [-0.39, 0.29) is 35.9 Å². The van der Waals surface area contributed by atoms with Gasteiger partial charge in [-0.3, -0.25) is 14.7 Å². The predicted octanol–water partition coefficient (Wildman–Crippen LogP) is 2.80. The Bertz CT molecular complexity index is 852. The van der Waals surface area contributed by atoms with Gasteiger partial charge in [0.15, 0.2) is 5.96 Å². The Morgan fingerprint density at radius 3 is 2.48 bits per heavy atom. The van der Waals surface area contributed by atoms with Crippen LogP contribution in [-0.2, 0) is 11.2 Å². The van der Waals surface area contributed by atoms with Crippen LogP contribution in [0.2, 0.25) is 0 Å². The largest absolute Gasteiger partial charge is 0.461 e. The number of hydrogen-bond acceptors (Lipinski definition) is 4. The molecule has 2 saturated heterocycles. The van der Waals surface area contributed by atoms with Crippen molar-refractivity contribution < 1.29 is 9.21 Å². The highest BCUT2D eigenvalue weighted by Crippen LogP contribution is 2.19. The monoisotopic (exact) mass is 539 g/mol. The van der Waals surface area contributed by atoms with Gasteiger partial charge < -0.3 is 19.5 Å². The molecule has 1 N–H and O–H groups in total. The molecule has 1 atom stereocenters. The summed E-state index contributed by atoms with van der Waals surface area (Å²) in [5.74, 6) is 2.19. The third-order valence-corrected chi connectivity index (χ3v) is 6.28. The minimum absolute atomic E-state index is 0. The minimum Gasteiger partial charge on any atom is -0.461 e. The Morgan fingerprint density at radius 2 is 1.81 bits per heavy atom. The number of halogens is 1. The van der Waals surface area contributed by atoms with E-state index in [1.807, 2.05) is 30.1 Å². The summed E-state index contributed by atoms with van der Waals surface area (Å²) in [4.78, 5) is 23.8. The molecule has 0 radical (unpaired) electrons. The molecule has 1 amide bonds. The highest BCUT2D eigenvalue weighted by molar-refractivity contribution is 14.0. The van der Waals surface area contributed by atoms with E-state index in [9.17, 15) is 4.79 Å². The summed E-state index contributed by atoms with van der Waals surface area (Å²) in [6.45, 7) is 8.18. The fourth-order valence-electron chi connectivity index (χ4n) is 4.47. The van der Waals surface area contributed by atoms with Crippen molar-refractivity contribution in [1.82, 2.24) is 20.0 Å². The van der Waals surface area contributed by atoms with Crippen LogP contribution in [0.25, 0.3) is 11.0 Å². The molecule has 1 aromatic heterocycles. The maximum atomic E-state index is 12.7. The van der Waals surface area contributed by atoms with Crippen LogP contribution in [0, 0.1) is 0 Å². The molecule has 31 heavy (non-hydrogen) atoms. The van der Waals surface area contributed by atoms with E-state index in [0.717, 1.165) is 87.8 Å². The van der Waals surface area contributed by atoms with Crippen LogP contribution >= 0.6 is 24.0 Å². The van der Waals surface area contributed by atoms with E-state index in [1.54, 1.807) is 0 Å². The molecule has 2 fully saturated rings. The smallest absolute Gasteiger partial charge is 0.239 e. The van der Waals surface area contributed by atoms with Crippen molar-refractivity contribution in [2.75, 3.05) is 52.9 Å². The lowest BCUT2D eigenvalue weighted by Gasteiger charge is -2.39. The van der Waals surface area contributed by atoms with E-state index in [4.69, 9.17) is 4.42 Å². The molecule has 0 aliphatic carbocycles. The van der Waals surface area contributed by atoms with Gasteiger partial charge in [-0.15, -0.1) is 24.0 Å². The maximum Gasteiger partial charge on any atom is 0.239 e. The fourth-order valence-corrected chi connectivity index (χ4v) is 4.47. The molecule has 1 unspecified atom stereocenters. The number of nitrogens with one attached hydrogen (secondary N) is 1. The van der Waals surface area contributed by atoms with E-state index >= 15 is 0 Å². The molecule has 7 nitrogen and oxygen atoms in total. The van der Waals surface area contributed by atoms with E-state index < -0.39 is 0 Å². The highest BCUT2D eigenvalue weighted by atomic mass is 127. The lowest BCUT2D eigenvalue weighted by Crippen LogP contribution is -2.57. The van der Waals surface area contributed by atoms with Crippen molar-refractivity contribution in [3.8, 4) is 0 Å². The number of amides is 1. The summed E-state index contributed by atoms with van der Waals surface area (Å²) >= 11 is 0. The highest BCUT2D eigenvalue weighted by Gasteiger charge is 2.30. The molecule has 170 valence electrons. The number of carbonyl (C=O) groups excluding carboxylic acids is 1. The molecule has 0 spiro atoms. The first-order chi connectivity index (χ1) is 14.7. The number of nitrogens with zero attached hydrogens (tertiary/aromatic N) is 4. The number of para-hydroxylation sites is 1. The molecule has 2 aromatic rings. The van der Waals surface area contributed by atoms with Crippen LogP contribution < -0.4 is 5.32 Å². The summed E-state index contributed by atoms with van der Waals surface area (Å²) < 4.78 is 5.90. The summed E-state index contributed by atoms with van der Waals surface area (Å²) in [6.07, 6.45) is 3.10.